The van der Waals surface area contributed by atoms with Crippen LogP contribution in [-0.4, -0.2) is 37.9 Å². The Hall–Kier alpha value is -3.23. The average Bonchev–Trinajstić information content (AvgIpc) is 2.80. The Morgan fingerprint density at radius 3 is 2.15 bits per heavy atom. The van der Waals surface area contributed by atoms with E-state index in [1.54, 1.807) is 43.6 Å². The summed E-state index contributed by atoms with van der Waals surface area (Å²) in [6, 6.07) is 21.5. The highest BCUT2D eigenvalue weighted by Crippen LogP contribution is 2.09. The molecule has 33 heavy (non-hydrogen) atoms. The number of sulfonamides is 1. The molecule has 0 saturated carbocycles. The van der Waals surface area contributed by atoms with E-state index in [2.05, 4.69) is 20.3 Å². The van der Waals surface area contributed by atoms with Crippen molar-refractivity contribution in [3.05, 3.63) is 96.3 Å². The van der Waals surface area contributed by atoms with Crippen LogP contribution in [0.2, 0.25) is 0 Å². The number of nitrogens with one attached hydrogen (secondary N) is 3. The third kappa shape index (κ3) is 8.67. The Bertz CT molecular complexity index is 1090. The quantitative estimate of drug-likeness (QED) is 0.381. The Morgan fingerprint density at radius 2 is 1.52 bits per heavy atom. The van der Waals surface area contributed by atoms with Gasteiger partial charge < -0.3 is 10.6 Å². The Kier molecular flexibility index (Phi) is 8.97. The Morgan fingerprint density at radius 1 is 0.909 bits per heavy atom. The first-order chi connectivity index (χ1) is 15.9. The molecule has 1 amide bonds. The SMILES string of the molecule is CC(NS(=O)(=O)Cc1ccccc1)C(=O)N[C@H](CCNc1ccncc1)Cc1ccccc1. The van der Waals surface area contributed by atoms with Crippen LogP contribution in [0.1, 0.15) is 24.5 Å². The van der Waals surface area contributed by atoms with Gasteiger partial charge in [0.25, 0.3) is 0 Å². The molecule has 3 N–H and O–H groups in total. The first-order valence-corrected chi connectivity index (χ1v) is 12.6. The van der Waals surface area contributed by atoms with E-state index >= 15 is 0 Å². The lowest BCUT2D eigenvalue weighted by Gasteiger charge is -2.22. The van der Waals surface area contributed by atoms with Gasteiger partial charge in [-0.15, -0.1) is 0 Å². The number of carbonyl (C=O) groups is 1. The third-order valence-electron chi connectivity index (χ3n) is 5.12. The molecule has 0 saturated heterocycles. The summed E-state index contributed by atoms with van der Waals surface area (Å²) in [6.07, 6.45) is 4.75. The molecule has 0 radical (unpaired) electrons. The highest BCUT2D eigenvalue weighted by atomic mass is 32.2. The molecule has 1 heterocycles. The van der Waals surface area contributed by atoms with E-state index in [0.29, 0.717) is 24.9 Å². The number of amides is 1. The minimum Gasteiger partial charge on any atom is -0.385 e. The van der Waals surface area contributed by atoms with E-state index in [-0.39, 0.29) is 17.7 Å². The maximum atomic E-state index is 12.8. The van der Waals surface area contributed by atoms with E-state index < -0.39 is 16.1 Å². The van der Waals surface area contributed by atoms with Gasteiger partial charge in [-0.1, -0.05) is 60.7 Å². The smallest absolute Gasteiger partial charge is 0.238 e. The summed E-state index contributed by atoms with van der Waals surface area (Å²) < 4.78 is 27.5. The molecule has 0 fully saturated rings. The first-order valence-electron chi connectivity index (χ1n) is 10.9. The normalized spacial score (nSPS) is 13.1. The molecule has 3 rings (SSSR count). The van der Waals surface area contributed by atoms with Gasteiger partial charge in [0.1, 0.15) is 0 Å². The monoisotopic (exact) mass is 466 g/mol. The molecule has 8 heteroatoms. The van der Waals surface area contributed by atoms with E-state index in [9.17, 15) is 13.2 Å². The van der Waals surface area contributed by atoms with Crippen molar-refractivity contribution in [3.8, 4) is 0 Å². The van der Waals surface area contributed by atoms with Crippen molar-refractivity contribution in [3.63, 3.8) is 0 Å². The van der Waals surface area contributed by atoms with E-state index in [1.807, 2.05) is 48.5 Å². The van der Waals surface area contributed by atoms with Gasteiger partial charge in [-0.3, -0.25) is 9.78 Å². The van der Waals surface area contributed by atoms with Crippen molar-refractivity contribution in [1.82, 2.24) is 15.0 Å². The van der Waals surface area contributed by atoms with Crippen LogP contribution in [-0.2, 0) is 27.0 Å². The van der Waals surface area contributed by atoms with Gasteiger partial charge in [-0.05, 0) is 43.0 Å². The fraction of sp³-hybridized carbons (Fsp3) is 0.280. The zero-order chi connectivity index (χ0) is 23.5. The number of anilines is 1. The van der Waals surface area contributed by atoms with Crippen LogP contribution in [0.5, 0.6) is 0 Å². The largest absolute Gasteiger partial charge is 0.385 e. The Labute approximate surface area is 195 Å². The first kappa shape index (κ1) is 24.4. The van der Waals surface area contributed by atoms with Crippen molar-refractivity contribution in [2.24, 2.45) is 0 Å². The van der Waals surface area contributed by atoms with E-state index in [4.69, 9.17) is 0 Å². The molecule has 1 unspecified atom stereocenters. The number of benzene rings is 2. The molecular formula is C25H30N4O3S. The molecule has 3 aromatic rings. The summed E-state index contributed by atoms with van der Waals surface area (Å²) >= 11 is 0. The van der Waals surface area contributed by atoms with Crippen molar-refractivity contribution in [1.29, 1.82) is 0 Å². The van der Waals surface area contributed by atoms with Crippen LogP contribution < -0.4 is 15.4 Å². The molecule has 7 nitrogen and oxygen atoms in total. The van der Waals surface area contributed by atoms with Gasteiger partial charge in [0.05, 0.1) is 11.8 Å². The van der Waals surface area contributed by atoms with Gasteiger partial charge in [0, 0.05) is 30.7 Å². The molecule has 0 bridgehead atoms. The van der Waals surface area contributed by atoms with Crippen molar-refractivity contribution >= 4 is 21.6 Å². The zero-order valence-electron chi connectivity index (χ0n) is 18.6. The van der Waals surface area contributed by atoms with Gasteiger partial charge in [-0.25, -0.2) is 13.1 Å². The molecule has 0 aliphatic heterocycles. The average molecular weight is 467 g/mol. The topological polar surface area (TPSA) is 100 Å². The second-order valence-corrected chi connectivity index (χ2v) is 9.68. The molecule has 0 spiro atoms. The van der Waals surface area contributed by atoms with Crippen molar-refractivity contribution < 1.29 is 13.2 Å². The summed E-state index contributed by atoms with van der Waals surface area (Å²) in [5.74, 6) is -0.522. The number of hydrogen-bond acceptors (Lipinski definition) is 5. The Balaban J connectivity index is 1.58. The maximum Gasteiger partial charge on any atom is 0.238 e. The zero-order valence-corrected chi connectivity index (χ0v) is 19.5. The number of rotatable bonds is 12. The van der Waals surface area contributed by atoms with Crippen molar-refractivity contribution in [2.45, 2.75) is 37.6 Å². The van der Waals surface area contributed by atoms with Crippen LogP contribution >= 0.6 is 0 Å². The summed E-state index contributed by atoms with van der Waals surface area (Å²) in [7, 11) is -3.66. The van der Waals surface area contributed by atoms with Crippen LogP contribution in [0, 0.1) is 0 Å². The summed E-state index contributed by atoms with van der Waals surface area (Å²) in [5, 5.41) is 6.35. The fourth-order valence-corrected chi connectivity index (χ4v) is 4.83. The lowest BCUT2D eigenvalue weighted by Crippen LogP contribution is -2.49. The molecule has 174 valence electrons. The number of hydrogen-bond donors (Lipinski definition) is 3. The van der Waals surface area contributed by atoms with Gasteiger partial charge >= 0.3 is 0 Å². The fourth-order valence-electron chi connectivity index (χ4n) is 3.47. The predicted molar refractivity (Wildman–Crippen MR) is 131 cm³/mol. The van der Waals surface area contributed by atoms with Gasteiger partial charge in [-0.2, -0.15) is 0 Å². The number of carbonyl (C=O) groups excluding carboxylic acids is 1. The molecule has 2 atom stereocenters. The van der Waals surface area contributed by atoms with Crippen molar-refractivity contribution in [2.75, 3.05) is 11.9 Å². The van der Waals surface area contributed by atoms with Crippen LogP contribution in [0.3, 0.4) is 0 Å². The number of pyridine rings is 1. The standard InChI is InChI=1S/C25H30N4O3S/c1-20(29-33(31,32)19-22-10-6-3-7-11-22)25(30)28-24(18-21-8-4-2-5-9-21)14-17-27-23-12-15-26-16-13-23/h2-13,15-16,20,24,29H,14,17-19H2,1H3,(H,26,27)(H,28,30)/t20?,24-/m1/s1. The highest BCUT2D eigenvalue weighted by molar-refractivity contribution is 7.88. The molecule has 0 aliphatic carbocycles. The highest BCUT2D eigenvalue weighted by Gasteiger charge is 2.23. The van der Waals surface area contributed by atoms with Crippen LogP contribution in [0.15, 0.2) is 85.2 Å². The van der Waals surface area contributed by atoms with Crippen LogP contribution in [0.25, 0.3) is 0 Å². The molecule has 0 aliphatic rings. The predicted octanol–water partition coefficient (Wildman–Crippen LogP) is 3.12. The number of nitrogens with zero attached hydrogens (tertiary/aromatic N) is 1. The minimum atomic E-state index is -3.66. The summed E-state index contributed by atoms with van der Waals surface area (Å²) in [5.41, 5.74) is 2.72. The minimum absolute atomic E-state index is 0.157. The summed E-state index contributed by atoms with van der Waals surface area (Å²) in [4.78, 5) is 16.8. The van der Waals surface area contributed by atoms with Crippen LogP contribution in [0.4, 0.5) is 5.69 Å². The van der Waals surface area contributed by atoms with Gasteiger partial charge in [0.15, 0.2) is 0 Å². The van der Waals surface area contributed by atoms with Gasteiger partial charge in [0.2, 0.25) is 15.9 Å². The lowest BCUT2D eigenvalue weighted by atomic mass is 10.0. The molecular weight excluding hydrogens is 436 g/mol. The van der Waals surface area contributed by atoms with E-state index in [0.717, 1.165) is 11.3 Å². The number of aromatic nitrogens is 1. The molecule has 2 aromatic carbocycles. The van der Waals surface area contributed by atoms with E-state index in [1.165, 1.54) is 0 Å². The molecule has 1 aromatic heterocycles. The lowest BCUT2D eigenvalue weighted by molar-refractivity contribution is -0.123. The second-order valence-electron chi connectivity index (χ2n) is 7.93. The third-order valence-corrected chi connectivity index (χ3v) is 6.55. The maximum absolute atomic E-state index is 12.8. The summed E-state index contributed by atoms with van der Waals surface area (Å²) in [6.45, 7) is 2.21. The second kappa shape index (κ2) is 12.1.